The molecule has 0 aliphatic rings. The van der Waals surface area contributed by atoms with Gasteiger partial charge >= 0.3 is 0 Å². The maximum Gasteiger partial charge on any atom is 0.0514 e. The minimum Gasteiger partial charge on any atom is -0.307 e. The number of benzene rings is 1. The summed E-state index contributed by atoms with van der Waals surface area (Å²) in [5, 5.41) is 3.37. The molecule has 0 amide bonds. The summed E-state index contributed by atoms with van der Waals surface area (Å²) < 4.78 is 1.17. The van der Waals surface area contributed by atoms with E-state index in [-0.39, 0.29) is 6.04 Å². The van der Waals surface area contributed by atoms with Crippen molar-refractivity contribution in [3.8, 4) is 0 Å². The molecule has 76 valence electrons. The van der Waals surface area contributed by atoms with E-state index in [0.29, 0.717) is 0 Å². The molecule has 1 rings (SSSR count). The first-order valence-electron chi connectivity index (χ1n) is 4.81. The SMILES string of the molecule is C=CC(NCC)c1cccc(C)c1Br. The molecular formula is C12H16BrN. The van der Waals surface area contributed by atoms with Gasteiger partial charge in [-0.1, -0.05) is 47.1 Å². The first-order chi connectivity index (χ1) is 6.70. The molecule has 1 unspecified atom stereocenters. The van der Waals surface area contributed by atoms with Gasteiger partial charge in [-0.05, 0) is 24.6 Å². The number of likely N-dealkylation sites (N-methyl/N-ethyl adjacent to an activating group) is 1. The zero-order chi connectivity index (χ0) is 10.6. The maximum atomic E-state index is 3.84. The maximum absolute atomic E-state index is 3.84. The second kappa shape index (κ2) is 5.32. The third-order valence-corrected chi connectivity index (χ3v) is 3.30. The van der Waals surface area contributed by atoms with Crippen LogP contribution in [0.2, 0.25) is 0 Å². The van der Waals surface area contributed by atoms with Crippen molar-refractivity contribution < 1.29 is 0 Å². The molecular weight excluding hydrogens is 238 g/mol. The number of hydrogen-bond acceptors (Lipinski definition) is 1. The van der Waals surface area contributed by atoms with E-state index in [2.05, 4.69) is 59.9 Å². The van der Waals surface area contributed by atoms with Gasteiger partial charge in [0.25, 0.3) is 0 Å². The summed E-state index contributed by atoms with van der Waals surface area (Å²) in [6.07, 6.45) is 1.93. The standard InChI is InChI=1S/C12H16BrN/c1-4-11(14-5-2)10-8-6-7-9(3)12(10)13/h4,6-8,11,14H,1,5H2,2-3H3. The van der Waals surface area contributed by atoms with Crippen LogP contribution in [0.25, 0.3) is 0 Å². The van der Waals surface area contributed by atoms with E-state index < -0.39 is 0 Å². The quantitative estimate of drug-likeness (QED) is 0.809. The predicted octanol–water partition coefficient (Wildman–Crippen LogP) is 3.59. The van der Waals surface area contributed by atoms with Gasteiger partial charge in [-0.3, -0.25) is 0 Å². The molecule has 0 bridgehead atoms. The molecule has 2 heteroatoms. The topological polar surface area (TPSA) is 12.0 Å². The smallest absolute Gasteiger partial charge is 0.0514 e. The lowest BCUT2D eigenvalue weighted by atomic mass is 10.0. The average molecular weight is 254 g/mol. The van der Waals surface area contributed by atoms with E-state index in [1.54, 1.807) is 0 Å². The van der Waals surface area contributed by atoms with Crippen LogP contribution < -0.4 is 5.32 Å². The van der Waals surface area contributed by atoms with Crippen molar-refractivity contribution in [3.63, 3.8) is 0 Å². The van der Waals surface area contributed by atoms with E-state index in [0.717, 1.165) is 6.54 Å². The molecule has 14 heavy (non-hydrogen) atoms. The summed E-state index contributed by atoms with van der Waals surface area (Å²) in [5.41, 5.74) is 2.51. The van der Waals surface area contributed by atoms with Crippen molar-refractivity contribution in [2.24, 2.45) is 0 Å². The summed E-state index contributed by atoms with van der Waals surface area (Å²) in [6, 6.07) is 6.52. The fourth-order valence-electron chi connectivity index (χ4n) is 1.45. The van der Waals surface area contributed by atoms with Crippen LogP contribution in [-0.2, 0) is 0 Å². The number of rotatable bonds is 4. The van der Waals surface area contributed by atoms with E-state index in [9.17, 15) is 0 Å². The highest BCUT2D eigenvalue weighted by atomic mass is 79.9. The number of halogens is 1. The van der Waals surface area contributed by atoms with Crippen LogP contribution in [0, 0.1) is 6.92 Å². The molecule has 1 N–H and O–H groups in total. The molecule has 0 radical (unpaired) electrons. The van der Waals surface area contributed by atoms with E-state index in [1.807, 2.05) is 6.08 Å². The van der Waals surface area contributed by atoms with Crippen molar-refractivity contribution in [2.45, 2.75) is 19.9 Å². The van der Waals surface area contributed by atoms with Crippen molar-refractivity contribution in [3.05, 3.63) is 46.5 Å². The highest BCUT2D eigenvalue weighted by Crippen LogP contribution is 2.26. The largest absolute Gasteiger partial charge is 0.307 e. The van der Waals surface area contributed by atoms with Crippen molar-refractivity contribution in [1.29, 1.82) is 0 Å². The molecule has 0 aliphatic heterocycles. The van der Waals surface area contributed by atoms with Crippen molar-refractivity contribution in [1.82, 2.24) is 5.32 Å². The van der Waals surface area contributed by atoms with Crippen LogP contribution in [0.4, 0.5) is 0 Å². The average Bonchev–Trinajstić information content (AvgIpc) is 2.19. The second-order valence-corrected chi connectivity index (χ2v) is 4.04. The molecule has 0 saturated heterocycles. The lowest BCUT2D eigenvalue weighted by molar-refractivity contribution is 0.646. The Hall–Kier alpha value is -0.600. The highest BCUT2D eigenvalue weighted by Gasteiger charge is 2.10. The van der Waals surface area contributed by atoms with Crippen LogP contribution >= 0.6 is 15.9 Å². The molecule has 1 aromatic rings. The number of nitrogens with one attached hydrogen (secondary N) is 1. The van der Waals surface area contributed by atoms with Gasteiger partial charge < -0.3 is 5.32 Å². The van der Waals surface area contributed by atoms with Gasteiger partial charge in [-0.2, -0.15) is 0 Å². The van der Waals surface area contributed by atoms with Crippen molar-refractivity contribution in [2.75, 3.05) is 6.54 Å². The molecule has 0 spiro atoms. The summed E-state index contributed by atoms with van der Waals surface area (Å²) in [4.78, 5) is 0. The molecule has 0 saturated carbocycles. The third-order valence-electron chi connectivity index (χ3n) is 2.22. The van der Waals surface area contributed by atoms with E-state index >= 15 is 0 Å². The summed E-state index contributed by atoms with van der Waals surface area (Å²) in [7, 11) is 0. The van der Waals surface area contributed by atoms with E-state index in [4.69, 9.17) is 0 Å². The Kier molecular flexibility index (Phi) is 4.36. The minimum absolute atomic E-state index is 0.231. The summed E-state index contributed by atoms with van der Waals surface area (Å²) in [6.45, 7) is 8.98. The number of aryl methyl sites for hydroxylation is 1. The fourth-order valence-corrected chi connectivity index (χ4v) is 1.96. The Bertz CT molecular complexity index is 320. The van der Waals surface area contributed by atoms with Crippen molar-refractivity contribution >= 4 is 15.9 Å². The molecule has 1 atom stereocenters. The van der Waals surface area contributed by atoms with Gasteiger partial charge in [0.05, 0.1) is 6.04 Å². The lowest BCUT2D eigenvalue weighted by Crippen LogP contribution is -2.19. The highest BCUT2D eigenvalue weighted by molar-refractivity contribution is 9.10. The lowest BCUT2D eigenvalue weighted by Gasteiger charge is -2.16. The molecule has 1 nitrogen and oxygen atoms in total. The van der Waals surface area contributed by atoms with Crippen LogP contribution in [0.15, 0.2) is 35.3 Å². The molecule has 0 fully saturated rings. The van der Waals surface area contributed by atoms with Gasteiger partial charge in [0.1, 0.15) is 0 Å². The Morgan fingerprint density at radius 1 is 1.57 bits per heavy atom. The third kappa shape index (κ3) is 2.46. The Labute approximate surface area is 94.3 Å². The minimum atomic E-state index is 0.231. The first-order valence-corrected chi connectivity index (χ1v) is 5.61. The first kappa shape index (κ1) is 11.5. The van der Waals surface area contributed by atoms with E-state index in [1.165, 1.54) is 15.6 Å². The fraction of sp³-hybridized carbons (Fsp3) is 0.333. The molecule has 1 aromatic carbocycles. The summed E-state index contributed by atoms with van der Waals surface area (Å²) >= 11 is 3.60. The van der Waals surface area contributed by atoms with Gasteiger partial charge in [-0.25, -0.2) is 0 Å². The Morgan fingerprint density at radius 3 is 2.86 bits per heavy atom. The molecule has 0 heterocycles. The van der Waals surface area contributed by atoms with Crippen LogP contribution in [-0.4, -0.2) is 6.54 Å². The van der Waals surface area contributed by atoms with Gasteiger partial charge in [0.2, 0.25) is 0 Å². The van der Waals surface area contributed by atoms with Gasteiger partial charge in [-0.15, -0.1) is 6.58 Å². The predicted molar refractivity (Wildman–Crippen MR) is 65.5 cm³/mol. The zero-order valence-electron chi connectivity index (χ0n) is 8.68. The number of hydrogen-bond donors (Lipinski definition) is 1. The van der Waals surface area contributed by atoms with Gasteiger partial charge in [0.15, 0.2) is 0 Å². The zero-order valence-corrected chi connectivity index (χ0v) is 10.3. The Morgan fingerprint density at radius 2 is 2.29 bits per heavy atom. The second-order valence-electron chi connectivity index (χ2n) is 3.25. The van der Waals surface area contributed by atoms with Crippen LogP contribution in [0.3, 0.4) is 0 Å². The van der Waals surface area contributed by atoms with Crippen LogP contribution in [0.1, 0.15) is 24.1 Å². The van der Waals surface area contributed by atoms with Gasteiger partial charge in [0, 0.05) is 4.47 Å². The molecule has 0 aromatic heterocycles. The summed E-state index contributed by atoms with van der Waals surface area (Å²) in [5.74, 6) is 0. The monoisotopic (exact) mass is 253 g/mol. The van der Waals surface area contributed by atoms with Crippen LogP contribution in [0.5, 0.6) is 0 Å². The Balaban J connectivity index is 3.03. The molecule has 0 aliphatic carbocycles. The normalized spacial score (nSPS) is 12.5.